The Bertz CT molecular complexity index is 825. The summed E-state index contributed by atoms with van der Waals surface area (Å²) >= 11 is 0. The minimum atomic E-state index is -0.463. The molecule has 4 heterocycles. The fourth-order valence-corrected chi connectivity index (χ4v) is 4.09. The average Bonchev–Trinajstić information content (AvgIpc) is 3.40. The normalized spacial score (nSPS) is 18.4. The first-order chi connectivity index (χ1) is 13.9. The van der Waals surface area contributed by atoms with Crippen molar-refractivity contribution in [1.82, 2.24) is 24.9 Å². The fraction of sp³-hybridized carbons (Fsp3) is 0.619. The van der Waals surface area contributed by atoms with Gasteiger partial charge in [-0.05, 0) is 57.6 Å². The molecule has 8 heteroatoms. The van der Waals surface area contributed by atoms with E-state index >= 15 is 0 Å². The molecule has 0 spiro atoms. The van der Waals surface area contributed by atoms with Gasteiger partial charge in [0.25, 0.3) is 5.91 Å². The number of likely N-dealkylation sites (tertiary alicyclic amines) is 1. The van der Waals surface area contributed by atoms with E-state index in [9.17, 15) is 4.79 Å². The van der Waals surface area contributed by atoms with Crippen LogP contribution in [0.15, 0.2) is 24.5 Å². The monoisotopic (exact) mass is 397 g/mol. The Labute approximate surface area is 172 Å². The predicted molar refractivity (Wildman–Crippen MR) is 112 cm³/mol. The van der Waals surface area contributed by atoms with Crippen LogP contribution in [0.4, 0.5) is 5.82 Å². The molecule has 2 fully saturated rings. The van der Waals surface area contributed by atoms with E-state index in [1.54, 1.807) is 6.20 Å². The number of anilines is 1. The average molecular weight is 398 g/mol. The molecule has 0 aromatic carbocycles. The maximum atomic E-state index is 12.5. The van der Waals surface area contributed by atoms with Gasteiger partial charge in [-0.15, -0.1) is 5.10 Å². The van der Waals surface area contributed by atoms with Gasteiger partial charge in [0.15, 0.2) is 0 Å². The Kier molecular flexibility index (Phi) is 5.54. The summed E-state index contributed by atoms with van der Waals surface area (Å²) in [6.07, 6.45) is 8.06. The number of aromatic nitrogens is 4. The van der Waals surface area contributed by atoms with E-state index in [4.69, 9.17) is 5.73 Å². The Morgan fingerprint density at radius 3 is 2.48 bits per heavy atom. The highest BCUT2D eigenvalue weighted by Crippen LogP contribution is 2.24. The number of hydrogen-bond acceptors (Lipinski definition) is 6. The molecule has 0 aliphatic carbocycles. The summed E-state index contributed by atoms with van der Waals surface area (Å²) in [5.41, 5.74) is 7.15. The highest BCUT2D eigenvalue weighted by Gasteiger charge is 2.24. The summed E-state index contributed by atoms with van der Waals surface area (Å²) in [4.78, 5) is 21.3. The molecule has 2 N–H and O–H groups in total. The number of piperidine rings is 1. The molecule has 0 atom stereocenters. The largest absolute Gasteiger partial charge is 0.357 e. The van der Waals surface area contributed by atoms with E-state index in [0.29, 0.717) is 11.5 Å². The summed E-state index contributed by atoms with van der Waals surface area (Å²) < 4.78 is 1.92. The van der Waals surface area contributed by atoms with Crippen LogP contribution in [0, 0.1) is 5.92 Å². The second-order valence-electron chi connectivity index (χ2n) is 8.88. The van der Waals surface area contributed by atoms with Crippen molar-refractivity contribution in [2.24, 2.45) is 11.7 Å². The molecule has 0 radical (unpaired) electrons. The summed E-state index contributed by atoms with van der Waals surface area (Å²) in [7, 11) is 0. The van der Waals surface area contributed by atoms with Gasteiger partial charge in [0.05, 0.1) is 17.3 Å². The van der Waals surface area contributed by atoms with Gasteiger partial charge in [0.2, 0.25) is 0 Å². The lowest BCUT2D eigenvalue weighted by Crippen LogP contribution is -2.35. The highest BCUT2D eigenvalue weighted by atomic mass is 16.2. The highest BCUT2D eigenvalue weighted by molar-refractivity contribution is 5.94. The molecule has 2 aromatic heterocycles. The number of hydrogen-bond donors (Lipinski definition) is 1. The Morgan fingerprint density at radius 2 is 1.90 bits per heavy atom. The molecule has 0 saturated carbocycles. The van der Waals surface area contributed by atoms with E-state index < -0.39 is 5.54 Å². The molecule has 2 aliphatic heterocycles. The molecule has 156 valence electrons. The van der Waals surface area contributed by atoms with Crippen molar-refractivity contribution in [3.05, 3.63) is 35.8 Å². The third-order valence-electron chi connectivity index (χ3n) is 5.97. The van der Waals surface area contributed by atoms with Crippen molar-refractivity contribution in [2.45, 2.75) is 51.6 Å². The standard InChI is InChI=1S/C21H31N7O/c1-21(2,22)18-15-28(25-24-18)14-16-7-11-26(12-8-16)19-6-5-17(13-23-19)20(29)27-9-3-4-10-27/h5-6,13,15-16H,3-4,7-12,14,22H2,1-2H3. The third-order valence-corrected chi connectivity index (χ3v) is 5.97. The Hall–Kier alpha value is -2.48. The number of carbonyl (C=O) groups excluding carboxylic acids is 1. The van der Waals surface area contributed by atoms with Gasteiger partial charge < -0.3 is 15.5 Å². The predicted octanol–water partition coefficient (Wildman–Crippen LogP) is 2.02. The first kappa shape index (κ1) is 19.8. The van der Waals surface area contributed by atoms with Crippen molar-refractivity contribution >= 4 is 11.7 Å². The van der Waals surface area contributed by atoms with Crippen LogP contribution in [0.25, 0.3) is 0 Å². The summed E-state index contributed by atoms with van der Waals surface area (Å²) in [5.74, 6) is 1.63. The zero-order valence-electron chi connectivity index (χ0n) is 17.4. The zero-order valence-corrected chi connectivity index (χ0v) is 17.4. The smallest absolute Gasteiger partial charge is 0.255 e. The van der Waals surface area contributed by atoms with E-state index in [-0.39, 0.29) is 5.91 Å². The van der Waals surface area contributed by atoms with E-state index in [2.05, 4.69) is 20.2 Å². The summed E-state index contributed by atoms with van der Waals surface area (Å²) in [6, 6.07) is 3.90. The summed E-state index contributed by atoms with van der Waals surface area (Å²) in [6.45, 7) is 8.40. The molecule has 1 amide bonds. The minimum absolute atomic E-state index is 0.105. The van der Waals surface area contributed by atoms with Gasteiger partial charge in [0, 0.05) is 38.9 Å². The number of amides is 1. The molecule has 0 bridgehead atoms. The number of nitrogens with zero attached hydrogens (tertiary/aromatic N) is 6. The van der Waals surface area contributed by atoms with E-state index in [1.165, 1.54) is 0 Å². The van der Waals surface area contributed by atoms with Crippen LogP contribution in [0.2, 0.25) is 0 Å². The Morgan fingerprint density at radius 1 is 1.17 bits per heavy atom. The van der Waals surface area contributed by atoms with Crippen LogP contribution in [-0.4, -0.2) is 57.0 Å². The number of rotatable bonds is 5. The molecule has 29 heavy (non-hydrogen) atoms. The van der Waals surface area contributed by atoms with Crippen LogP contribution in [0.3, 0.4) is 0 Å². The van der Waals surface area contributed by atoms with Crippen LogP contribution in [-0.2, 0) is 12.1 Å². The lowest BCUT2D eigenvalue weighted by Gasteiger charge is -2.32. The van der Waals surface area contributed by atoms with Gasteiger partial charge >= 0.3 is 0 Å². The van der Waals surface area contributed by atoms with E-state index in [0.717, 1.165) is 69.9 Å². The number of pyridine rings is 1. The molecule has 2 saturated heterocycles. The summed E-state index contributed by atoms with van der Waals surface area (Å²) in [5, 5.41) is 8.44. The number of carbonyl (C=O) groups is 1. The maximum Gasteiger partial charge on any atom is 0.255 e. The van der Waals surface area contributed by atoms with Crippen molar-refractivity contribution < 1.29 is 4.79 Å². The lowest BCUT2D eigenvalue weighted by atomic mass is 9.96. The lowest BCUT2D eigenvalue weighted by molar-refractivity contribution is 0.0792. The van der Waals surface area contributed by atoms with Gasteiger partial charge in [-0.2, -0.15) is 0 Å². The van der Waals surface area contributed by atoms with Crippen LogP contribution in [0.5, 0.6) is 0 Å². The quantitative estimate of drug-likeness (QED) is 0.830. The topological polar surface area (TPSA) is 93.2 Å². The third kappa shape index (κ3) is 4.58. The minimum Gasteiger partial charge on any atom is -0.357 e. The fourth-order valence-electron chi connectivity index (χ4n) is 4.09. The zero-order chi connectivity index (χ0) is 20.4. The molecule has 2 aliphatic rings. The van der Waals surface area contributed by atoms with Gasteiger partial charge in [-0.25, -0.2) is 4.98 Å². The first-order valence-corrected chi connectivity index (χ1v) is 10.6. The Balaban J connectivity index is 1.30. The van der Waals surface area contributed by atoms with Gasteiger partial charge in [-0.3, -0.25) is 9.48 Å². The molecule has 8 nitrogen and oxygen atoms in total. The molecular weight excluding hydrogens is 366 g/mol. The molecule has 2 aromatic rings. The van der Waals surface area contributed by atoms with Crippen molar-refractivity contribution in [2.75, 3.05) is 31.1 Å². The molecular formula is C21H31N7O. The van der Waals surface area contributed by atoms with E-state index in [1.807, 2.05) is 41.8 Å². The molecule has 4 rings (SSSR count). The van der Waals surface area contributed by atoms with Crippen LogP contribution < -0.4 is 10.6 Å². The van der Waals surface area contributed by atoms with Crippen molar-refractivity contribution in [1.29, 1.82) is 0 Å². The second-order valence-corrected chi connectivity index (χ2v) is 8.88. The number of nitrogens with two attached hydrogens (primary N) is 1. The maximum absolute atomic E-state index is 12.5. The van der Waals surface area contributed by atoms with Crippen molar-refractivity contribution in [3.8, 4) is 0 Å². The van der Waals surface area contributed by atoms with Gasteiger partial charge in [-0.1, -0.05) is 5.21 Å². The van der Waals surface area contributed by atoms with Gasteiger partial charge in [0.1, 0.15) is 11.5 Å². The van der Waals surface area contributed by atoms with Crippen LogP contribution in [0.1, 0.15) is 55.6 Å². The molecule has 0 unspecified atom stereocenters. The second kappa shape index (κ2) is 8.10. The van der Waals surface area contributed by atoms with Crippen molar-refractivity contribution in [3.63, 3.8) is 0 Å². The van der Waals surface area contributed by atoms with Crippen LogP contribution >= 0.6 is 0 Å². The first-order valence-electron chi connectivity index (χ1n) is 10.6. The SMILES string of the molecule is CC(C)(N)c1cn(CC2CCN(c3ccc(C(=O)N4CCCC4)cn3)CC2)nn1.